The Balaban J connectivity index is 2.28. The first-order chi connectivity index (χ1) is 11.2. The fourth-order valence-electron chi connectivity index (χ4n) is 3.41. The van der Waals surface area contributed by atoms with Crippen molar-refractivity contribution in [2.24, 2.45) is 5.41 Å². The lowest BCUT2D eigenvalue weighted by atomic mass is 9.78. The summed E-state index contributed by atoms with van der Waals surface area (Å²) in [6.07, 6.45) is 1.15. The molecule has 1 aliphatic rings. The number of likely N-dealkylation sites (tertiary alicyclic amines) is 1. The van der Waals surface area contributed by atoms with Gasteiger partial charge in [0.2, 0.25) is 5.91 Å². The molecular weight excluding hydrogens is 330 g/mol. The largest absolute Gasteiger partial charge is 0.481 e. The molecule has 1 amide bonds. The summed E-state index contributed by atoms with van der Waals surface area (Å²) >= 11 is 6.26. The molecular formula is C18H24ClNO4. The van der Waals surface area contributed by atoms with Crippen molar-refractivity contribution in [2.45, 2.75) is 32.1 Å². The van der Waals surface area contributed by atoms with E-state index in [9.17, 15) is 14.7 Å². The van der Waals surface area contributed by atoms with Gasteiger partial charge >= 0.3 is 5.97 Å². The Morgan fingerprint density at radius 2 is 2.04 bits per heavy atom. The lowest BCUT2D eigenvalue weighted by molar-refractivity contribution is -0.160. The smallest absolute Gasteiger partial charge is 0.313 e. The maximum atomic E-state index is 13.1. The van der Waals surface area contributed by atoms with Crippen LogP contribution in [0, 0.1) is 5.41 Å². The molecule has 0 aromatic heterocycles. The van der Waals surface area contributed by atoms with Crippen LogP contribution >= 0.6 is 11.6 Å². The van der Waals surface area contributed by atoms with Crippen LogP contribution in [0.1, 0.15) is 32.3 Å². The van der Waals surface area contributed by atoms with Crippen LogP contribution in [0.3, 0.4) is 0 Å². The topological polar surface area (TPSA) is 66.8 Å². The minimum Gasteiger partial charge on any atom is -0.481 e. The van der Waals surface area contributed by atoms with Gasteiger partial charge in [-0.2, -0.15) is 0 Å². The first-order valence-electron chi connectivity index (χ1n) is 8.01. The predicted octanol–water partition coefficient (Wildman–Crippen LogP) is 2.96. The number of amides is 1. The highest BCUT2D eigenvalue weighted by molar-refractivity contribution is 6.31. The van der Waals surface area contributed by atoms with Crippen LogP contribution in [-0.2, 0) is 19.7 Å². The van der Waals surface area contributed by atoms with Gasteiger partial charge in [0.05, 0.1) is 12.0 Å². The molecule has 1 heterocycles. The van der Waals surface area contributed by atoms with E-state index >= 15 is 0 Å². The first-order valence-corrected chi connectivity index (χ1v) is 8.39. The zero-order valence-corrected chi connectivity index (χ0v) is 15.1. The Kier molecular flexibility index (Phi) is 5.56. The maximum Gasteiger partial charge on any atom is 0.313 e. The average Bonchev–Trinajstić information content (AvgIpc) is 2.54. The number of carbonyl (C=O) groups is 2. The van der Waals surface area contributed by atoms with E-state index in [1.807, 2.05) is 32.0 Å². The van der Waals surface area contributed by atoms with Gasteiger partial charge in [-0.05, 0) is 38.3 Å². The standard InChI is InChI=1S/C18H24ClNO4/c1-17(2,13-7-4-5-8-14(13)19)15(21)20-10-6-9-18(11-20,12-24-3)16(22)23/h4-5,7-8H,6,9-12H2,1-3H3,(H,22,23). The van der Waals surface area contributed by atoms with Crippen molar-refractivity contribution in [1.82, 2.24) is 4.90 Å². The van der Waals surface area contributed by atoms with Crippen molar-refractivity contribution >= 4 is 23.5 Å². The maximum absolute atomic E-state index is 13.1. The van der Waals surface area contributed by atoms with Crippen molar-refractivity contribution in [3.8, 4) is 0 Å². The average molecular weight is 354 g/mol. The zero-order chi connectivity index (χ0) is 18.0. The zero-order valence-electron chi connectivity index (χ0n) is 14.3. The third-order valence-electron chi connectivity index (χ3n) is 4.82. The van der Waals surface area contributed by atoms with E-state index in [0.717, 1.165) is 5.56 Å². The molecule has 1 atom stereocenters. The van der Waals surface area contributed by atoms with Crippen molar-refractivity contribution in [3.63, 3.8) is 0 Å². The number of piperidine rings is 1. The number of halogens is 1. The lowest BCUT2D eigenvalue weighted by Crippen LogP contribution is -2.55. The number of methoxy groups -OCH3 is 1. The first kappa shape index (κ1) is 18.7. The molecule has 1 saturated heterocycles. The van der Waals surface area contributed by atoms with Crippen molar-refractivity contribution in [3.05, 3.63) is 34.9 Å². The third-order valence-corrected chi connectivity index (χ3v) is 5.15. The normalized spacial score (nSPS) is 21.6. The van der Waals surface area contributed by atoms with Crippen LogP contribution in [0.4, 0.5) is 0 Å². The molecule has 132 valence electrons. The van der Waals surface area contributed by atoms with Crippen LogP contribution in [-0.4, -0.2) is 48.7 Å². The molecule has 1 aromatic rings. The highest BCUT2D eigenvalue weighted by atomic mass is 35.5. The second-order valence-corrected chi connectivity index (χ2v) is 7.36. The van der Waals surface area contributed by atoms with Crippen molar-refractivity contribution < 1.29 is 19.4 Å². The number of ether oxygens (including phenoxy) is 1. The number of aliphatic carboxylic acids is 1. The quantitative estimate of drug-likeness (QED) is 0.883. The van der Waals surface area contributed by atoms with Gasteiger partial charge in [0.25, 0.3) is 0 Å². The molecule has 1 aliphatic heterocycles. The lowest BCUT2D eigenvalue weighted by Gasteiger charge is -2.42. The Labute approximate surface area is 147 Å². The third kappa shape index (κ3) is 3.42. The predicted molar refractivity (Wildman–Crippen MR) is 92.2 cm³/mol. The van der Waals surface area contributed by atoms with Crippen LogP contribution < -0.4 is 0 Å². The molecule has 0 saturated carbocycles. The molecule has 1 N–H and O–H groups in total. The minimum absolute atomic E-state index is 0.0959. The second kappa shape index (κ2) is 7.11. The summed E-state index contributed by atoms with van der Waals surface area (Å²) < 4.78 is 5.12. The fraction of sp³-hybridized carbons (Fsp3) is 0.556. The number of hydrogen-bond donors (Lipinski definition) is 1. The molecule has 0 bridgehead atoms. The molecule has 1 aromatic carbocycles. The Morgan fingerprint density at radius 3 is 2.62 bits per heavy atom. The van der Waals surface area contributed by atoms with Gasteiger partial charge in [0.1, 0.15) is 5.41 Å². The number of carboxylic acids is 1. The van der Waals surface area contributed by atoms with Crippen LogP contribution in [0.15, 0.2) is 24.3 Å². The summed E-state index contributed by atoms with van der Waals surface area (Å²) in [6, 6.07) is 7.26. The highest BCUT2D eigenvalue weighted by Crippen LogP contribution is 2.36. The fourth-order valence-corrected chi connectivity index (χ4v) is 3.79. The van der Waals surface area contributed by atoms with Gasteiger partial charge in [-0.1, -0.05) is 29.8 Å². The molecule has 6 heteroatoms. The van der Waals surface area contributed by atoms with Gasteiger partial charge in [0, 0.05) is 25.2 Å². The molecule has 2 rings (SSSR count). The number of hydrogen-bond acceptors (Lipinski definition) is 3. The molecule has 0 aliphatic carbocycles. The molecule has 1 unspecified atom stereocenters. The van der Waals surface area contributed by atoms with Crippen LogP contribution in [0.25, 0.3) is 0 Å². The molecule has 0 spiro atoms. The van der Waals surface area contributed by atoms with E-state index in [1.165, 1.54) is 7.11 Å². The molecule has 0 radical (unpaired) electrons. The van der Waals surface area contributed by atoms with Crippen LogP contribution in [0.5, 0.6) is 0 Å². The Morgan fingerprint density at radius 1 is 1.38 bits per heavy atom. The summed E-state index contributed by atoms with van der Waals surface area (Å²) in [5, 5.41) is 10.2. The van der Waals surface area contributed by atoms with E-state index in [4.69, 9.17) is 16.3 Å². The van der Waals surface area contributed by atoms with E-state index in [1.54, 1.807) is 11.0 Å². The second-order valence-electron chi connectivity index (χ2n) is 6.95. The number of carbonyl (C=O) groups excluding carboxylic acids is 1. The van der Waals surface area contributed by atoms with E-state index in [2.05, 4.69) is 0 Å². The monoisotopic (exact) mass is 353 g/mol. The Hall–Kier alpha value is -1.59. The molecule has 5 nitrogen and oxygen atoms in total. The summed E-state index contributed by atoms with van der Waals surface area (Å²) in [7, 11) is 1.49. The minimum atomic E-state index is -1.04. The molecule has 1 fully saturated rings. The van der Waals surface area contributed by atoms with Gasteiger partial charge in [-0.15, -0.1) is 0 Å². The van der Waals surface area contributed by atoms with Gasteiger partial charge in [-0.25, -0.2) is 0 Å². The van der Waals surface area contributed by atoms with Gasteiger partial charge in [-0.3, -0.25) is 9.59 Å². The number of carboxylic acid groups (broad SMARTS) is 1. The number of rotatable bonds is 5. The van der Waals surface area contributed by atoms with E-state index < -0.39 is 16.8 Å². The Bertz CT molecular complexity index is 627. The van der Waals surface area contributed by atoms with E-state index in [0.29, 0.717) is 24.4 Å². The summed E-state index contributed by atoms with van der Waals surface area (Å²) in [5.41, 5.74) is -1.12. The van der Waals surface area contributed by atoms with E-state index in [-0.39, 0.29) is 19.1 Å². The highest BCUT2D eigenvalue weighted by Gasteiger charge is 2.46. The molecule has 24 heavy (non-hydrogen) atoms. The van der Waals surface area contributed by atoms with Gasteiger partial charge < -0.3 is 14.7 Å². The SMILES string of the molecule is COCC1(C(=O)O)CCCN(C(=O)C(C)(C)c2ccccc2Cl)C1. The van der Waals surface area contributed by atoms with Gasteiger partial charge in [0.15, 0.2) is 0 Å². The van der Waals surface area contributed by atoms with Crippen molar-refractivity contribution in [1.29, 1.82) is 0 Å². The summed E-state index contributed by atoms with van der Waals surface area (Å²) in [5.74, 6) is -1.03. The number of nitrogens with zero attached hydrogens (tertiary/aromatic N) is 1. The summed E-state index contributed by atoms with van der Waals surface area (Å²) in [4.78, 5) is 26.5. The number of benzene rings is 1. The van der Waals surface area contributed by atoms with Crippen molar-refractivity contribution in [2.75, 3.05) is 26.8 Å². The van der Waals surface area contributed by atoms with Crippen LogP contribution in [0.2, 0.25) is 5.02 Å². The summed E-state index contributed by atoms with van der Waals surface area (Å²) in [6.45, 7) is 4.45.